The maximum absolute atomic E-state index is 13.1. The van der Waals surface area contributed by atoms with Gasteiger partial charge in [-0.1, -0.05) is 0 Å². The van der Waals surface area contributed by atoms with Gasteiger partial charge in [0.15, 0.2) is 11.5 Å². The van der Waals surface area contributed by atoms with E-state index in [0.29, 0.717) is 36.3 Å². The average Bonchev–Trinajstić information content (AvgIpc) is 2.89. The number of ether oxygens (including phenoxy) is 3. The summed E-state index contributed by atoms with van der Waals surface area (Å²) in [6, 6.07) is 3.18. The molecule has 3 aromatic rings. The van der Waals surface area contributed by atoms with Gasteiger partial charge in [-0.05, 0) is 12.1 Å². The number of benzene rings is 1. The van der Waals surface area contributed by atoms with Crippen LogP contribution in [-0.2, 0) is 11.8 Å². The lowest BCUT2D eigenvalue weighted by Gasteiger charge is -2.28. The van der Waals surface area contributed by atoms with E-state index in [2.05, 4.69) is 20.2 Å². The SMILES string of the molecule is COc1c(OC[C@@H](O)CN2CCOCC2)ccc2c(=O)n(C)c(NC(=O)c3cncnc3)c(N)c12. The van der Waals surface area contributed by atoms with Crippen LogP contribution in [0.25, 0.3) is 10.8 Å². The number of amides is 1. The van der Waals surface area contributed by atoms with Crippen molar-refractivity contribution in [3.63, 3.8) is 0 Å². The van der Waals surface area contributed by atoms with Crippen molar-refractivity contribution in [2.45, 2.75) is 6.10 Å². The number of carbonyl (C=O) groups excluding carboxylic acids is 1. The molecule has 4 rings (SSSR count). The smallest absolute Gasteiger partial charge is 0.260 e. The molecule has 1 saturated heterocycles. The summed E-state index contributed by atoms with van der Waals surface area (Å²) in [5, 5.41) is 13.7. The third kappa shape index (κ3) is 5.19. The molecule has 4 N–H and O–H groups in total. The Bertz CT molecular complexity index is 1260. The van der Waals surface area contributed by atoms with E-state index in [1.807, 2.05) is 0 Å². The van der Waals surface area contributed by atoms with E-state index >= 15 is 0 Å². The van der Waals surface area contributed by atoms with Gasteiger partial charge in [-0.3, -0.25) is 19.1 Å². The molecule has 1 fully saturated rings. The Morgan fingerprint density at radius 1 is 1.29 bits per heavy atom. The summed E-state index contributed by atoms with van der Waals surface area (Å²) in [4.78, 5) is 35.5. The Hall–Kier alpha value is -3.74. The van der Waals surface area contributed by atoms with E-state index in [9.17, 15) is 14.7 Å². The van der Waals surface area contributed by atoms with Gasteiger partial charge in [-0.2, -0.15) is 0 Å². The number of nitrogens with one attached hydrogen (secondary N) is 1. The second kappa shape index (κ2) is 10.7. The fourth-order valence-corrected chi connectivity index (χ4v) is 3.97. The summed E-state index contributed by atoms with van der Waals surface area (Å²) in [5.41, 5.74) is 6.38. The zero-order valence-electron chi connectivity index (χ0n) is 19.6. The molecule has 1 aliphatic rings. The maximum Gasteiger partial charge on any atom is 0.260 e. The zero-order chi connectivity index (χ0) is 24.9. The van der Waals surface area contributed by atoms with Crippen molar-refractivity contribution in [2.24, 2.45) is 7.05 Å². The molecule has 0 bridgehead atoms. The number of hydrogen-bond donors (Lipinski definition) is 3. The summed E-state index contributed by atoms with van der Waals surface area (Å²) < 4.78 is 18.0. The predicted molar refractivity (Wildman–Crippen MR) is 129 cm³/mol. The second-order valence-electron chi connectivity index (χ2n) is 8.11. The van der Waals surface area contributed by atoms with Crippen LogP contribution < -0.4 is 26.1 Å². The summed E-state index contributed by atoms with van der Waals surface area (Å²) in [5.74, 6) is 0.118. The molecule has 12 nitrogen and oxygen atoms in total. The number of aromatic nitrogens is 3. The molecule has 0 aliphatic carbocycles. The predicted octanol–water partition coefficient (Wildman–Crippen LogP) is 0.244. The van der Waals surface area contributed by atoms with Crippen LogP contribution in [0.4, 0.5) is 11.5 Å². The number of fused-ring (bicyclic) bond motifs is 1. The number of β-amino-alcohol motifs (C(OH)–C–C–N with tert-alkyl or cyclic N) is 1. The minimum Gasteiger partial charge on any atom is -0.492 e. The van der Waals surface area contributed by atoms with Crippen LogP contribution in [0.15, 0.2) is 35.6 Å². The highest BCUT2D eigenvalue weighted by atomic mass is 16.5. The Labute approximate surface area is 201 Å². The fourth-order valence-electron chi connectivity index (χ4n) is 3.97. The first-order chi connectivity index (χ1) is 16.9. The number of carbonyl (C=O) groups is 1. The second-order valence-corrected chi connectivity index (χ2v) is 8.11. The number of anilines is 2. The molecular weight excluding hydrogens is 456 g/mol. The lowest BCUT2D eigenvalue weighted by molar-refractivity contribution is 0.00447. The maximum atomic E-state index is 13.1. The summed E-state index contributed by atoms with van der Waals surface area (Å²) in [7, 11) is 2.94. The number of pyridine rings is 1. The number of nitrogen functional groups attached to an aromatic ring is 1. The molecule has 0 unspecified atom stereocenters. The molecule has 0 saturated carbocycles. The number of nitrogens with two attached hydrogens (primary N) is 1. The molecule has 1 aromatic carbocycles. The lowest BCUT2D eigenvalue weighted by Crippen LogP contribution is -2.42. The molecule has 0 spiro atoms. The van der Waals surface area contributed by atoms with Gasteiger partial charge in [0.1, 0.15) is 24.9 Å². The number of rotatable bonds is 8. The highest BCUT2D eigenvalue weighted by Crippen LogP contribution is 2.40. The van der Waals surface area contributed by atoms with Crippen LogP contribution in [0.3, 0.4) is 0 Å². The molecule has 186 valence electrons. The van der Waals surface area contributed by atoms with E-state index in [1.165, 1.54) is 37.4 Å². The monoisotopic (exact) mass is 484 g/mol. The van der Waals surface area contributed by atoms with Gasteiger partial charge in [0, 0.05) is 39.1 Å². The van der Waals surface area contributed by atoms with Gasteiger partial charge >= 0.3 is 0 Å². The van der Waals surface area contributed by atoms with Gasteiger partial charge in [-0.25, -0.2) is 9.97 Å². The number of aliphatic hydroxyl groups is 1. The molecule has 12 heteroatoms. The molecular formula is C23H28N6O6. The topological polar surface area (TPSA) is 154 Å². The van der Waals surface area contributed by atoms with Crippen LogP contribution in [-0.4, -0.2) is 83.1 Å². The summed E-state index contributed by atoms with van der Waals surface area (Å²) in [6.45, 7) is 3.23. The normalized spacial score (nSPS) is 15.1. The van der Waals surface area contributed by atoms with Crippen molar-refractivity contribution in [2.75, 3.05) is 57.6 Å². The first-order valence-electron chi connectivity index (χ1n) is 11.1. The number of nitrogens with zero attached hydrogens (tertiary/aromatic N) is 4. The Morgan fingerprint density at radius 2 is 2.00 bits per heavy atom. The third-order valence-electron chi connectivity index (χ3n) is 5.78. The highest BCUT2D eigenvalue weighted by molar-refractivity contribution is 6.09. The van der Waals surface area contributed by atoms with Crippen molar-refractivity contribution in [3.8, 4) is 11.5 Å². The van der Waals surface area contributed by atoms with Gasteiger partial charge in [-0.15, -0.1) is 0 Å². The van der Waals surface area contributed by atoms with E-state index in [0.717, 1.165) is 13.1 Å². The first kappa shape index (κ1) is 24.4. The van der Waals surface area contributed by atoms with Crippen LogP contribution in [0, 0.1) is 0 Å². The van der Waals surface area contributed by atoms with E-state index in [-0.39, 0.29) is 35.0 Å². The van der Waals surface area contributed by atoms with Crippen LogP contribution in [0.5, 0.6) is 11.5 Å². The first-order valence-corrected chi connectivity index (χ1v) is 11.1. The van der Waals surface area contributed by atoms with Crippen LogP contribution >= 0.6 is 0 Å². The Morgan fingerprint density at radius 3 is 2.69 bits per heavy atom. The largest absolute Gasteiger partial charge is 0.492 e. The summed E-state index contributed by atoms with van der Waals surface area (Å²) >= 11 is 0. The van der Waals surface area contributed by atoms with Gasteiger partial charge < -0.3 is 30.4 Å². The minimum atomic E-state index is -0.738. The highest BCUT2D eigenvalue weighted by Gasteiger charge is 2.22. The molecule has 3 heterocycles. The molecule has 1 aliphatic heterocycles. The number of morpholine rings is 1. The van der Waals surface area contributed by atoms with E-state index in [1.54, 1.807) is 12.1 Å². The third-order valence-corrected chi connectivity index (χ3v) is 5.78. The molecule has 1 atom stereocenters. The quantitative estimate of drug-likeness (QED) is 0.405. The summed E-state index contributed by atoms with van der Waals surface area (Å²) in [6.07, 6.45) is 3.28. The zero-order valence-corrected chi connectivity index (χ0v) is 19.6. The molecule has 35 heavy (non-hydrogen) atoms. The van der Waals surface area contributed by atoms with Crippen LogP contribution in [0.1, 0.15) is 10.4 Å². The van der Waals surface area contributed by atoms with E-state index in [4.69, 9.17) is 19.9 Å². The van der Waals surface area contributed by atoms with Crippen molar-refractivity contribution in [3.05, 3.63) is 46.8 Å². The molecule has 0 radical (unpaired) electrons. The number of hydrogen-bond acceptors (Lipinski definition) is 10. The van der Waals surface area contributed by atoms with Crippen molar-refractivity contribution in [1.82, 2.24) is 19.4 Å². The fraction of sp³-hybridized carbons (Fsp3) is 0.391. The lowest BCUT2D eigenvalue weighted by atomic mass is 10.1. The van der Waals surface area contributed by atoms with Gasteiger partial charge in [0.05, 0.1) is 42.3 Å². The van der Waals surface area contributed by atoms with Crippen molar-refractivity contribution in [1.29, 1.82) is 0 Å². The standard InChI is InChI=1S/C23H28N6O6/c1-28-21(27-22(31)14-9-25-13-26-10-14)19(24)18-16(23(28)32)3-4-17(20(18)33-2)35-12-15(30)11-29-5-7-34-8-6-29/h3-4,9-10,13,15,30H,5-8,11-12,24H2,1-2H3,(H,27,31)/t15-/m0/s1. The minimum absolute atomic E-state index is 0.0154. The Balaban J connectivity index is 1.63. The van der Waals surface area contributed by atoms with Crippen LogP contribution in [0.2, 0.25) is 0 Å². The van der Waals surface area contributed by atoms with Gasteiger partial charge in [0.25, 0.3) is 11.5 Å². The number of aliphatic hydroxyl groups excluding tert-OH is 1. The average molecular weight is 485 g/mol. The van der Waals surface area contributed by atoms with Crippen molar-refractivity contribution >= 4 is 28.2 Å². The van der Waals surface area contributed by atoms with E-state index < -0.39 is 12.0 Å². The number of methoxy groups -OCH3 is 1. The Kier molecular flexibility index (Phi) is 7.44. The van der Waals surface area contributed by atoms with Gasteiger partial charge in [0.2, 0.25) is 0 Å². The molecule has 1 amide bonds. The van der Waals surface area contributed by atoms with Crippen molar-refractivity contribution < 1.29 is 24.1 Å². The molecule has 2 aromatic heterocycles.